The summed E-state index contributed by atoms with van der Waals surface area (Å²) >= 11 is 0. The Kier molecular flexibility index (Phi) is 6.86. The molecular weight excluding hydrogens is 400 g/mol. The van der Waals surface area contributed by atoms with E-state index in [1.165, 1.54) is 16.4 Å². The monoisotopic (exact) mass is 428 g/mol. The first kappa shape index (κ1) is 23.0. The predicted molar refractivity (Wildman–Crippen MR) is 107 cm³/mol. The maximum atomic E-state index is 13.2. The lowest BCUT2D eigenvalue weighted by Gasteiger charge is -2.39. The molecule has 0 bridgehead atoms. The molecular formula is C18H28N4O6S. The van der Waals surface area contributed by atoms with Crippen molar-refractivity contribution in [2.24, 2.45) is 0 Å². The van der Waals surface area contributed by atoms with E-state index in [0.717, 1.165) is 6.07 Å². The summed E-state index contributed by atoms with van der Waals surface area (Å²) in [4.78, 5) is 24.4. The number of ether oxygens (including phenoxy) is 1. The SMILES string of the molecule is Cc1ccc(S(=O)(=O)N2CCN(C)CC2CNC(=O)OC(C)(C)C)cc1[N+](=O)[O-]. The molecule has 1 N–H and O–H groups in total. The Morgan fingerprint density at radius 1 is 1.34 bits per heavy atom. The van der Waals surface area contributed by atoms with Crippen LogP contribution < -0.4 is 5.32 Å². The van der Waals surface area contributed by atoms with Gasteiger partial charge in [-0.15, -0.1) is 0 Å². The molecule has 2 rings (SSSR count). The van der Waals surface area contributed by atoms with Crippen LogP contribution in [0.1, 0.15) is 26.3 Å². The maximum absolute atomic E-state index is 13.2. The van der Waals surface area contributed by atoms with Crippen LogP contribution in [0.5, 0.6) is 0 Å². The smallest absolute Gasteiger partial charge is 0.407 e. The first-order valence-electron chi connectivity index (χ1n) is 9.23. The van der Waals surface area contributed by atoms with E-state index in [9.17, 15) is 23.3 Å². The van der Waals surface area contributed by atoms with Gasteiger partial charge < -0.3 is 15.0 Å². The fourth-order valence-corrected chi connectivity index (χ4v) is 4.70. The third-order valence-electron chi connectivity index (χ3n) is 4.50. The molecule has 0 spiro atoms. The van der Waals surface area contributed by atoms with Crippen LogP contribution in [0, 0.1) is 17.0 Å². The zero-order chi connectivity index (χ0) is 22.0. The van der Waals surface area contributed by atoms with E-state index >= 15 is 0 Å². The van der Waals surface area contributed by atoms with Crippen molar-refractivity contribution < 1.29 is 22.9 Å². The molecule has 1 aromatic rings. The van der Waals surface area contributed by atoms with Crippen LogP contribution in [0.15, 0.2) is 23.1 Å². The van der Waals surface area contributed by atoms with E-state index in [0.29, 0.717) is 18.7 Å². The molecule has 1 fully saturated rings. The zero-order valence-corrected chi connectivity index (χ0v) is 18.2. The van der Waals surface area contributed by atoms with Crippen molar-refractivity contribution >= 4 is 21.8 Å². The Morgan fingerprint density at radius 2 is 2.00 bits per heavy atom. The number of nitrogens with zero attached hydrogens (tertiary/aromatic N) is 3. The van der Waals surface area contributed by atoms with Crippen LogP contribution in [0.2, 0.25) is 0 Å². The number of nitro benzene ring substituents is 1. The first-order chi connectivity index (χ1) is 13.3. The average molecular weight is 429 g/mol. The van der Waals surface area contributed by atoms with Crippen LogP contribution in [-0.2, 0) is 14.8 Å². The highest BCUT2D eigenvalue weighted by atomic mass is 32.2. The number of sulfonamides is 1. The summed E-state index contributed by atoms with van der Waals surface area (Å²) in [6.07, 6.45) is -0.631. The van der Waals surface area contributed by atoms with Gasteiger partial charge in [-0.05, 0) is 40.8 Å². The first-order valence-corrected chi connectivity index (χ1v) is 10.7. The number of amides is 1. The van der Waals surface area contributed by atoms with Crippen LogP contribution in [0.25, 0.3) is 0 Å². The highest BCUT2D eigenvalue weighted by molar-refractivity contribution is 7.89. The number of nitro groups is 1. The Hall–Kier alpha value is -2.24. The van der Waals surface area contributed by atoms with Gasteiger partial charge in [-0.1, -0.05) is 6.07 Å². The van der Waals surface area contributed by atoms with E-state index in [1.807, 2.05) is 11.9 Å². The van der Waals surface area contributed by atoms with Crippen LogP contribution in [0.4, 0.5) is 10.5 Å². The fourth-order valence-electron chi connectivity index (χ4n) is 3.07. The topological polar surface area (TPSA) is 122 Å². The molecule has 0 aromatic heterocycles. The number of hydrogen-bond acceptors (Lipinski definition) is 7. The van der Waals surface area contributed by atoms with E-state index in [1.54, 1.807) is 27.7 Å². The van der Waals surface area contributed by atoms with Crippen molar-refractivity contribution in [2.75, 3.05) is 33.2 Å². The third-order valence-corrected chi connectivity index (χ3v) is 6.44. The Labute approximate surface area is 171 Å². The van der Waals surface area contributed by atoms with Crippen molar-refractivity contribution in [3.63, 3.8) is 0 Å². The highest BCUT2D eigenvalue weighted by Crippen LogP contribution is 2.26. The summed E-state index contributed by atoms with van der Waals surface area (Å²) < 4.78 is 32.9. The van der Waals surface area contributed by atoms with Gasteiger partial charge in [0.15, 0.2) is 0 Å². The maximum Gasteiger partial charge on any atom is 0.407 e. The summed E-state index contributed by atoms with van der Waals surface area (Å²) in [5.41, 5.74) is -0.529. The van der Waals surface area contributed by atoms with Gasteiger partial charge in [0.25, 0.3) is 5.69 Å². The standard InChI is InChI=1S/C18H28N4O6S/c1-13-6-7-15(10-16(13)22(24)25)29(26,27)21-9-8-20(5)12-14(21)11-19-17(23)28-18(2,3)4/h6-7,10,14H,8-9,11-12H2,1-5H3,(H,19,23). The molecule has 11 heteroatoms. The number of likely N-dealkylation sites (N-methyl/N-ethyl adjacent to an activating group) is 1. The number of carbonyl (C=O) groups excluding carboxylic acids is 1. The van der Waals surface area contributed by atoms with Crippen molar-refractivity contribution in [1.29, 1.82) is 0 Å². The molecule has 1 heterocycles. The highest BCUT2D eigenvalue weighted by Gasteiger charge is 2.36. The summed E-state index contributed by atoms with van der Waals surface area (Å²) in [6.45, 7) is 7.96. The molecule has 0 saturated carbocycles. The van der Waals surface area contributed by atoms with Gasteiger partial charge in [-0.3, -0.25) is 10.1 Å². The van der Waals surface area contributed by atoms with Gasteiger partial charge in [-0.25, -0.2) is 13.2 Å². The van der Waals surface area contributed by atoms with Gasteiger partial charge in [0.1, 0.15) is 5.60 Å². The van der Waals surface area contributed by atoms with Crippen LogP contribution >= 0.6 is 0 Å². The minimum Gasteiger partial charge on any atom is -0.444 e. The van der Waals surface area contributed by atoms with Crippen LogP contribution in [-0.4, -0.2) is 73.5 Å². The van der Waals surface area contributed by atoms with Crippen molar-refractivity contribution in [1.82, 2.24) is 14.5 Å². The van der Waals surface area contributed by atoms with Gasteiger partial charge in [-0.2, -0.15) is 4.31 Å². The van der Waals surface area contributed by atoms with Gasteiger partial charge in [0.2, 0.25) is 10.0 Å². The minimum absolute atomic E-state index is 0.0619. The van der Waals surface area contributed by atoms with Gasteiger partial charge in [0, 0.05) is 37.8 Å². The minimum atomic E-state index is -3.98. The van der Waals surface area contributed by atoms with E-state index in [4.69, 9.17) is 4.74 Å². The number of benzene rings is 1. The number of carbonyl (C=O) groups is 1. The summed E-state index contributed by atoms with van der Waals surface area (Å²) in [5.74, 6) is 0. The predicted octanol–water partition coefficient (Wildman–Crippen LogP) is 1.73. The largest absolute Gasteiger partial charge is 0.444 e. The lowest BCUT2D eigenvalue weighted by atomic mass is 10.2. The average Bonchev–Trinajstić information content (AvgIpc) is 2.58. The van der Waals surface area contributed by atoms with Gasteiger partial charge >= 0.3 is 6.09 Å². The lowest BCUT2D eigenvalue weighted by Crippen LogP contribution is -2.57. The molecule has 162 valence electrons. The lowest BCUT2D eigenvalue weighted by molar-refractivity contribution is -0.385. The second-order valence-corrected chi connectivity index (χ2v) is 10.0. The Bertz CT molecular complexity index is 881. The molecule has 10 nitrogen and oxygen atoms in total. The van der Waals surface area contributed by atoms with Crippen LogP contribution in [0.3, 0.4) is 0 Å². The molecule has 0 aliphatic carbocycles. The molecule has 1 aliphatic heterocycles. The van der Waals surface area contributed by atoms with E-state index in [-0.39, 0.29) is 23.7 Å². The third kappa shape index (κ3) is 5.87. The summed E-state index contributed by atoms with van der Waals surface area (Å²) in [5, 5.41) is 13.8. The molecule has 29 heavy (non-hydrogen) atoms. The second-order valence-electron chi connectivity index (χ2n) is 8.12. The molecule has 1 aromatic carbocycles. The normalized spacial score (nSPS) is 19.0. The molecule has 1 atom stereocenters. The summed E-state index contributed by atoms with van der Waals surface area (Å²) in [7, 11) is -2.12. The van der Waals surface area contributed by atoms with Gasteiger partial charge in [0.05, 0.1) is 15.9 Å². The molecule has 1 unspecified atom stereocenters. The fraction of sp³-hybridized carbons (Fsp3) is 0.611. The van der Waals surface area contributed by atoms with Crippen molar-refractivity contribution in [3.8, 4) is 0 Å². The van der Waals surface area contributed by atoms with E-state index < -0.39 is 32.7 Å². The molecule has 1 aliphatic rings. The quantitative estimate of drug-likeness (QED) is 0.560. The number of aryl methyl sites for hydroxylation is 1. The molecule has 1 amide bonds. The van der Waals surface area contributed by atoms with Crippen molar-refractivity contribution in [2.45, 2.75) is 44.2 Å². The number of hydrogen-bond donors (Lipinski definition) is 1. The molecule has 0 radical (unpaired) electrons. The van der Waals surface area contributed by atoms with Crippen molar-refractivity contribution in [3.05, 3.63) is 33.9 Å². The Balaban J connectivity index is 2.25. The number of piperazine rings is 1. The zero-order valence-electron chi connectivity index (χ0n) is 17.3. The number of rotatable bonds is 5. The van der Waals surface area contributed by atoms with E-state index in [2.05, 4.69) is 5.32 Å². The molecule has 1 saturated heterocycles. The number of alkyl carbamates (subject to hydrolysis) is 1. The number of nitrogens with one attached hydrogen (secondary N) is 1. The summed E-state index contributed by atoms with van der Waals surface area (Å²) in [6, 6.07) is 3.34. The second kappa shape index (κ2) is 8.64. The Morgan fingerprint density at radius 3 is 2.59 bits per heavy atom.